The number of rotatable bonds is 0. The van der Waals surface area contributed by atoms with Crippen LogP contribution in [-0.4, -0.2) is 25.3 Å². The molecular formula is C4H9FN2. The molecule has 1 fully saturated rings. The summed E-state index contributed by atoms with van der Waals surface area (Å²) in [5.74, 6) is 0. The largest absolute Gasteiger partial charge is 0.324 e. The maximum Gasteiger partial charge on any atom is 0.129 e. The lowest BCUT2D eigenvalue weighted by atomic mass is 10.3. The Bertz CT molecular complexity index is 58.7. The van der Waals surface area contributed by atoms with Crippen molar-refractivity contribution in [2.75, 3.05) is 13.1 Å². The summed E-state index contributed by atoms with van der Waals surface area (Å²) in [6.45, 7) is 1.06. The van der Waals surface area contributed by atoms with Gasteiger partial charge in [0.1, 0.15) is 6.17 Å². The highest BCUT2D eigenvalue weighted by atomic mass is 19.1. The zero-order chi connectivity index (χ0) is 5.28. The highest BCUT2D eigenvalue weighted by molar-refractivity contribution is 4.83. The van der Waals surface area contributed by atoms with Gasteiger partial charge < -0.3 is 11.1 Å². The van der Waals surface area contributed by atoms with Gasteiger partial charge in [0, 0.05) is 19.1 Å². The second-order valence-corrected chi connectivity index (χ2v) is 1.84. The van der Waals surface area contributed by atoms with Crippen LogP contribution in [0.1, 0.15) is 0 Å². The molecule has 1 saturated heterocycles. The average molecular weight is 104 g/mol. The van der Waals surface area contributed by atoms with E-state index in [9.17, 15) is 4.39 Å². The van der Waals surface area contributed by atoms with Crippen LogP contribution in [0, 0.1) is 0 Å². The van der Waals surface area contributed by atoms with E-state index in [1.54, 1.807) is 0 Å². The molecule has 1 heterocycles. The number of hydrogen-bond acceptors (Lipinski definition) is 2. The van der Waals surface area contributed by atoms with Gasteiger partial charge in [-0.1, -0.05) is 0 Å². The molecule has 1 aliphatic rings. The summed E-state index contributed by atoms with van der Waals surface area (Å²) in [6, 6.07) is -0.264. The van der Waals surface area contributed by atoms with Crippen molar-refractivity contribution < 1.29 is 4.39 Å². The minimum atomic E-state index is -0.819. The fourth-order valence-electron chi connectivity index (χ4n) is 0.667. The maximum absolute atomic E-state index is 12.1. The van der Waals surface area contributed by atoms with Crippen LogP contribution >= 0.6 is 0 Å². The summed E-state index contributed by atoms with van der Waals surface area (Å²) < 4.78 is 12.1. The van der Waals surface area contributed by atoms with E-state index in [2.05, 4.69) is 5.32 Å². The first-order valence-electron chi connectivity index (χ1n) is 2.41. The van der Waals surface area contributed by atoms with E-state index in [0.29, 0.717) is 13.1 Å². The molecule has 3 N–H and O–H groups in total. The summed E-state index contributed by atoms with van der Waals surface area (Å²) in [5.41, 5.74) is 5.24. The van der Waals surface area contributed by atoms with E-state index in [-0.39, 0.29) is 6.04 Å². The molecule has 2 atom stereocenters. The van der Waals surface area contributed by atoms with E-state index < -0.39 is 6.17 Å². The van der Waals surface area contributed by atoms with Crippen molar-refractivity contribution in [1.82, 2.24) is 5.32 Å². The summed E-state index contributed by atoms with van der Waals surface area (Å²) in [4.78, 5) is 0. The Labute approximate surface area is 41.9 Å². The number of alkyl halides is 1. The molecule has 1 unspecified atom stereocenters. The first kappa shape index (κ1) is 5.00. The first-order valence-corrected chi connectivity index (χ1v) is 2.41. The van der Waals surface area contributed by atoms with Gasteiger partial charge in [0.25, 0.3) is 0 Å². The third-order valence-corrected chi connectivity index (χ3v) is 1.18. The third kappa shape index (κ3) is 0.894. The van der Waals surface area contributed by atoms with Crippen molar-refractivity contribution in [3.63, 3.8) is 0 Å². The zero-order valence-electron chi connectivity index (χ0n) is 4.02. The summed E-state index contributed by atoms with van der Waals surface area (Å²) in [7, 11) is 0. The Morgan fingerprint density at radius 2 is 2.29 bits per heavy atom. The molecule has 0 bridgehead atoms. The summed E-state index contributed by atoms with van der Waals surface area (Å²) >= 11 is 0. The standard InChI is InChI=1S/C4H9FN2/c5-3-1-7-2-4(3)6/h3-4,7H,1-2,6H2/t3?,4-/m0/s1. The van der Waals surface area contributed by atoms with Crippen LogP contribution in [-0.2, 0) is 0 Å². The van der Waals surface area contributed by atoms with Crippen LogP contribution in [0.25, 0.3) is 0 Å². The van der Waals surface area contributed by atoms with E-state index in [1.807, 2.05) is 0 Å². The molecule has 1 rings (SSSR count). The monoisotopic (exact) mass is 104 g/mol. The van der Waals surface area contributed by atoms with Gasteiger partial charge in [-0.3, -0.25) is 0 Å². The molecule has 0 aromatic carbocycles. The van der Waals surface area contributed by atoms with Crippen LogP contribution < -0.4 is 11.1 Å². The molecule has 0 aliphatic carbocycles. The predicted octanol–water partition coefficient (Wildman–Crippen LogP) is -0.745. The Morgan fingerprint density at radius 1 is 1.57 bits per heavy atom. The average Bonchev–Trinajstić information content (AvgIpc) is 1.91. The quantitative estimate of drug-likeness (QED) is 0.424. The topological polar surface area (TPSA) is 38.0 Å². The molecule has 0 aromatic heterocycles. The smallest absolute Gasteiger partial charge is 0.129 e. The fourth-order valence-corrected chi connectivity index (χ4v) is 0.667. The number of hydrogen-bond donors (Lipinski definition) is 2. The van der Waals surface area contributed by atoms with Crippen molar-refractivity contribution >= 4 is 0 Å². The third-order valence-electron chi connectivity index (χ3n) is 1.18. The number of halogens is 1. The van der Waals surface area contributed by atoms with E-state index in [1.165, 1.54) is 0 Å². The minimum absolute atomic E-state index is 0.264. The molecule has 1 aliphatic heterocycles. The molecular weight excluding hydrogens is 95.1 g/mol. The fraction of sp³-hybridized carbons (Fsp3) is 1.00. The van der Waals surface area contributed by atoms with Gasteiger partial charge in [-0.15, -0.1) is 0 Å². The lowest BCUT2D eigenvalue weighted by molar-refractivity contribution is 0.332. The summed E-state index contributed by atoms with van der Waals surface area (Å²) in [5, 5.41) is 2.82. The lowest BCUT2D eigenvalue weighted by Crippen LogP contribution is -2.29. The van der Waals surface area contributed by atoms with Crippen LogP contribution in [0.15, 0.2) is 0 Å². The molecule has 0 aromatic rings. The minimum Gasteiger partial charge on any atom is -0.324 e. The SMILES string of the molecule is N[C@H]1CNCC1F. The predicted molar refractivity (Wildman–Crippen MR) is 25.7 cm³/mol. The first-order chi connectivity index (χ1) is 3.30. The number of nitrogens with one attached hydrogen (secondary N) is 1. The Balaban J connectivity index is 2.33. The van der Waals surface area contributed by atoms with Crippen molar-refractivity contribution in [2.45, 2.75) is 12.2 Å². The molecule has 0 saturated carbocycles. The van der Waals surface area contributed by atoms with Crippen molar-refractivity contribution in [2.24, 2.45) is 5.73 Å². The molecule has 0 radical (unpaired) electrons. The number of nitrogens with two attached hydrogens (primary N) is 1. The van der Waals surface area contributed by atoms with Gasteiger partial charge in [0.05, 0.1) is 0 Å². The normalized spacial score (nSPS) is 42.0. The van der Waals surface area contributed by atoms with Crippen molar-refractivity contribution in [1.29, 1.82) is 0 Å². The van der Waals surface area contributed by atoms with Gasteiger partial charge in [0.2, 0.25) is 0 Å². The van der Waals surface area contributed by atoms with Crippen LogP contribution in [0.5, 0.6) is 0 Å². The summed E-state index contributed by atoms with van der Waals surface area (Å²) in [6.07, 6.45) is -0.819. The molecule has 7 heavy (non-hydrogen) atoms. The Hall–Kier alpha value is -0.150. The lowest BCUT2D eigenvalue weighted by Gasteiger charge is -1.99. The van der Waals surface area contributed by atoms with Crippen LogP contribution in [0.2, 0.25) is 0 Å². The van der Waals surface area contributed by atoms with Gasteiger partial charge in [-0.25, -0.2) is 4.39 Å². The highest BCUT2D eigenvalue weighted by Gasteiger charge is 2.21. The molecule has 3 heteroatoms. The maximum atomic E-state index is 12.1. The van der Waals surface area contributed by atoms with Crippen molar-refractivity contribution in [3.8, 4) is 0 Å². The molecule has 42 valence electrons. The van der Waals surface area contributed by atoms with E-state index >= 15 is 0 Å². The Morgan fingerprint density at radius 3 is 2.43 bits per heavy atom. The zero-order valence-corrected chi connectivity index (χ0v) is 4.02. The van der Waals surface area contributed by atoms with E-state index in [0.717, 1.165) is 0 Å². The molecule has 0 spiro atoms. The molecule has 2 nitrogen and oxygen atoms in total. The highest BCUT2D eigenvalue weighted by Crippen LogP contribution is 1.99. The van der Waals surface area contributed by atoms with Crippen LogP contribution in [0.3, 0.4) is 0 Å². The second-order valence-electron chi connectivity index (χ2n) is 1.84. The Kier molecular flexibility index (Phi) is 1.25. The molecule has 0 amide bonds. The van der Waals surface area contributed by atoms with Crippen molar-refractivity contribution in [3.05, 3.63) is 0 Å². The van der Waals surface area contributed by atoms with Gasteiger partial charge >= 0.3 is 0 Å². The van der Waals surface area contributed by atoms with Gasteiger partial charge in [-0.05, 0) is 0 Å². The second kappa shape index (κ2) is 1.76. The van der Waals surface area contributed by atoms with Gasteiger partial charge in [-0.2, -0.15) is 0 Å². The van der Waals surface area contributed by atoms with E-state index in [4.69, 9.17) is 5.73 Å². The van der Waals surface area contributed by atoms with Gasteiger partial charge in [0.15, 0.2) is 0 Å². The van der Waals surface area contributed by atoms with Crippen LogP contribution in [0.4, 0.5) is 4.39 Å².